The number of carbonyl (C=O) groups is 2. The number of aromatic nitrogens is 4. The Hall–Kier alpha value is -4.00. The summed E-state index contributed by atoms with van der Waals surface area (Å²) < 4.78 is 29.2. The molecule has 4 aliphatic heterocycles. The molecule has 0 radical (unpaired) electrons. The quantitative estimate of drug-likeness (QED) is 0.0402. The Morgan fingerprint density at radius 3 is 2.38 bits per heavy atom. The zero-order valence-corrected chi connectivity index (χ0v) is 31.3. The molecule has 4 aliphatic rings. The number of fused-ring (bicyclic) bond motifs is 2. The summed E-state index contributed by atoms with van der Waals surface area (Å²) in [4.78, 5) is 60.0. The van der Waals surface area contributed by atoms with Crippen LogP contribution in [0.25, 0.3) is 22.6 Å². The number of ether oxygens (including phenoxy) is 5. The van der Waals surface area contributed by atoms with E-state index in [0.717, 1.165) is 18.2 Å². The van der Waals surface area contributed by atoms with E-state index in [9.17, 15) is 54.9 Å². The third kappa shape index (κ3) is 8.62. The van der Waals surface area contributed by atoms with Crippen molar-refractivity contribution >= 4 is 23.4 Å². The van der Waals surface area contributed by atoms with Crippen LogP contribution in [-0.4, -0.2) is 167 Å². The fraction of sp³-hybridized carbons (Fsp3) is 0.657. The monoisotopic (exact) mass is 795 g/mol. The van der Waals surface area contributed by atoms with Crippen LogP contribution in [0.15, 0.2) is 21.7 Å². The fourth-order valence-electron chi connectivity index (χ4n) is 6.97. The van der Waals surface area contributed by atoms with Gasteiger partial charge in [0.2, 0.25) is 6.41 Å². The summed E-state index contributed by atoms with van der Waals surface area (Å²) in [6, 6.07) is 2.35. The second kappa shape index (κ2) is 18.1. The molecule has 2 fully saturated rings. The van der Waals surface area contributed by atoms with Gasteiger partial charge in [-0.15, -0.1) is 0 Å². The number of rotatable bonds is 15. The normalized spacial score (nSPS) is 30.4. The van der Waals surface area contributed by atoms with E-state index >= 15 is 0 Å². The van der Waals surface area contributed by atoms with Crippen molar-refractivity contribution in [3.05, 3.63) is 44.1 Å². The fourth-order valence-corrected chi connectivity index (χ4v) is 6.97. The smallest absolute Gasteiger partial charge is 0.349 e. The number of nitrogens with one attached hydrogen (secondary N) is 2. The first kappa shape index (κ1) is 43.1. The lowest BCUT2D eigenvalue weighted by atomic mass is 9.85. The van der Waals surface area contributed by atoms with Crippen molar-refractivity contribution in [1.29, 1.82) is 0 Å². The van der Waals surface area contributed by atoms with E-state index in [4.69, 9.17) is 23.7 Å². The van der Waals surface area contributed by atoms with Gasteiger partial charge < -0.3 is 69.3 Å². The van der Waals surface area contributed by atoms with Gasteiger partial charge in [-0.2, -0.15) is 4.98 Å². The molecule has 0 spiro atoms. The summed E-state index contributed by atoms with van der Waals surface area (Å²) in [6.07, 6.45) is -18.6. The van der Waals surface area contributed by atoms with Gasteiger partial charge in [0.15, 0.2) is 23.9 Å². The van der Waals surface area contributed by atoms with Gasteiger partial charge in [0.1, 0.15) is 61.5 Å². The zero-order chi connectivity index (χ0) is 41.2. The lowest BCUT2D eigenvalue weighted by Crippen LogP contribution is -2.68. The first-order valence-electron chi connectivity index (χ1n) is 18.0. The number of aliphatic hydroxyl groups excluding tert-OH is 7. The molecule has 0 bridgehead atoms. The molecule has 5 rings (SSSR count). The number of hydrogen-bond acceptors (Lipinski definition) is 18. The highest BCUT2D eigenvalue weighted by molar-refractivity contribution is 5.81. The highest BCUT2D eigenvalue weighted by atomic mass is 16.7. The molecular formula is C35H49N5O16. The summed E-state index contributed by atoms with van der Waals surface area (Å²) in [5, 5.41) is 78.2. The topological polar surface area (TPSA) is 315 Å². The third-order valence-electron chi connectivity index (χ3n) is 10.5. The van der Waals surface area contributed by atoms with E-state index in [2.05, 4.69) is 15.3 Å². The first-order valence-corrected chi connectivity index (χ1v) is 18.0. The van der Waals surface area contributed by atoms with Crippen molar-refractivity contribution < 1.29 is 69.0 Å². The Labute approximate surface area is 319 Å². The maximum Gasteiger partial charge on any atom is 0.349 e. The maximum atomic E-state index is 13.4. The molecule has 21 heteroatoms. The van der Waals surface area contributed by atoms with Crippen LogP contribution in [0.3, 0.4) is 0 Å². The predicted molar refractivity (Wildman–Crippen MR) is 190 cm³/mol. The number of amides is 1. The van der Waals surface area contributed by atoms with Crippen molar-refractivity contribution in [2.24, 2.45) is 5.92 Å². The lowest BCUT2D eigenvalue weighted by molar-refractivity contribution is -0.330. The summed E-state index contributed by atoms with van der Waals surface area (Å²) in [7, 11) is 1.11. The molecule has 56 heavy (non-hydrogen) atoms. The molecule has 1 aromatic carbocycles. The molecule has 14 atom stereocenters. The molecule has 21 nitrogen and oxygen atoms in total. The largest absolute Gasteiger partial charge is 0.461 e. The SMILES string of the molecule is CC[C@H](C)[C@H]1OC(CO)C(O)C(OC2OC(C(=O)OCC(O)C(O)C(O)Cn3c4nc(=O)[nH]c(=O)c-4nc4cc(C)c(C)cc43)C(OC)C(O)C2O)C1NC=O. The van der Waals surface area contributed by atoms with E-state index in [1.165, 1.54) is 4.57 Å². The minimum absolute atomic E-state index is 0.192. The number of methoxy groups -OCH3 is 1. The van der Waals surface area contributed by atoms with E-state index < -0.39 is 116 Å². The summed E-state index contributed by atoms with van der Waals surface area (Å²) in [5.41, 5.74) is 0.302. The minimum atomic E-state index is -1.99. The molecule has 0 saturated carbocycles. The first-order chi connectivity index (χ1) is 26.6. The second-order valence-electron chi connectivity index (χ2n) is 14.2. The number of aromatic amines is 1. The number of aryl methyl sites for hydroxylation is 2. The number of hydrogen-bond donors (Lipinski definition) is 9. The van der Waals surface area contributed by atoms with E-state index in [1.807, 2.05) is 25.8 Å². The van der Waals surface area contributed by atoms with Gasteiger partial charge in [0.05, 0.1) is 36.3 Å². The highest BCUT2D eigenvalue weighted by Crippen LogP contribution is 2.33. The minimum Gasteiger partial charge on any atom is -0.461 e. The van der Waals surface area contributed by atoms with Crippen LogP contribution in [0.5, 0.6) is 0 Å². The molecule has 4 heterocycles. The number of benzene rings is 1. The Kier molecular flexibility index (Phi) is 13.9. The van der Waals surface area contributed by atoms with Crippen LogP contribution >= 0.6 is 0 Å². The molecule has 12 unspecified atom stereocenters. The Balaban J connectivity index is 1.31. The van der Waals surface area contributed by atoms with E-state index in [1.54, 1.807) is 19.1 Å². The van der Waals surface area contributed by atoms with Gasteiger partial charge in [0, 0.05) is 7.11 Å². The number of aliphatic hydroxyl groups is 7. The van der Waals surface area contributed by atoms with Gasteiger partial charge in [-0.05, 0) is 43.0 Å². The van der Waals surface area contributed by atoms with Crippen LogP contribution in [0, 0.1) is 19.8 Å². The molecule has 1 aromatic rings. The number of H-pyrrole nitrogens is 1. The maximum absolute atomic E-state index is 13.4. The van der Waals surface area contributed by atoms with E-state index in [-0.39, 0.29) is 17.4 Å². The van der Waals surface area contributed by atoms with Crippen LogP contribution in [0.4, 0.5) is 0 Å². The predicted octanol–water partition coefficient (Wildman–Crippen LogP) is -4.04. The van der Waals surface area contributed by atoms with Crippen molar-refractivity contribution in [2.45, 2.75) is 120 Å². The van der Waals surface area contributed by atoms with Crippen LogP contribution < -0.4 is 16.6 Å². The number of carbonyl (C=O) groups excluding carboxylic acids is 2. The zero-order valence-electron chi connectivity index (χ0n) is 31.3. The van der Waals surface area contributed by atoms with Gasteiger partial charge in [-0.25, -0.2) is 14.6 Å². The number of esters is 1. The lowest BCUT2D eigenvalue weighted by Gasteiger charge is -2.48. The van der Waals surface area contributed by atoms with E-state index in [0.29, 0.717) is 23.9 Å². The summed E-state index contributed by atoms with van der Waals surface area (Å²) >= 11 is 0. The van der Waals surface area contributed by atoms with Gasteiger partial charge >= 0.3 is 11.7 Å². The standard InChI is InChI=1S/C35H49N5O16/c1-6-13(2)27-21(36-12-42)28(24(46)20(10-41)54-27)55-34-26(48)25(47)29(52-5)30(56-34)33(50)53-11-19(44)23(45)18(43)9-40-17-8-15(4)14(3)7-16(17)37-22-31(40)38-35(51)39-32(22)49/h7-8,12-13,18-21,23-30,34,41,43-48H,6,9-11H2,1-5H3,(H,36,42)(H,39,49,51)/t13-,18?,19?,20?,21?,23?,24?,25?,26?,27+,28?,29?,30?,34?/m0/s1. The molecule has 0 aliphatic carbocycles. The third-order valence-corrected chi connectivity index (χ3v) is 10.5. The Morgan fingerprint density at radius 2 is 1.73 bits per heavy atom. The molecule has 0 aromatic heterocycles. The highest BCUT2D eigenvalue weighted by Gasteiger charge is 2.53. The van der Waals surface area contributed by atoms with Crippen molar-refractivity contribution in [2.75, 3.05) is 20.3 Å². The Bertz CT molecular complexity index is 1930. The van der Waals surface area contributed by atoms with Gasteiger partial charge in [-0.1, -0.05) is 20.3 Å². The summed E-state index contributed by atoms with van der Waals surface area (Å²) in [6.45, 7) is 5.24. The summed E-state index contributed by atoms with van der Waals surface area (Å²) in [5.74, 6) is -1.66. The molecule has 9 N–H and O–H groups in total. The molecular weight excluding hydrogens is 746 g/mol. The molecule has 2 saturated heterocycles. The molecule has 1 amide bonds. The number of nitrogens with zero attached hydrogens (tertiary/aromatic N) is 3. The average molecular weight is 796 g/mol. The van der Waals surface area contributed by atoms with Crippen molar-refractivity contribution in [3.63, 3.8) is 0 Å². The van der Waals surface area contributed by atoms with Crippen molar-refractivity contribution in [3.8, 4) is 11.5 Å². The average Bonchev–Trinajstić information content (AvgIpc) is 3.17. The van der Waals surface area contributed by atoms with Crippen LogP contribution in [-0.2, 0) is 39.8 Å². The van der Waals surface area contributed by atoms with Gasteiger partial charge in [0.25, 0.3) is 5.56 Å². The second-order valence-corrected chi connectivity index (χ2v) is 14.2. The van der Waals surface area contributed by atoms with Gasteiger partial charge in [-0.3, -0.25) is 14.6 Å². The van der Waals surface area contributed by atoms with Crippen molar-refractivity contribution in [1.82, 2.24) is 24.8 Å². The molecule has 310 valence electrons. The Morgan fingerprint density at radius 1 is 1.04 bits per heavy atom. The van der Waals surface area contributed by atoms with Crippen LogP contribution in [0.1, 0.15) is 31.4 Å². The van der Waals surface area contributed by atoms with Crippen LogP contribution in [0.2, 0.25) is 0 Å².